The number of nitrogens with one attached hydrogen (secondary N) is 1. The van der Waals surface area contributed by atoms with Crippen molar-refractivity contribution in [1.82, 2.24) is 5.32 Å². The van der Waals surface area contributed by atoms with Crippen molar-refractivity contribution in [3.8, 4) is 11.5 Å². The highest BCUT2D eigenvalue weighted by Crippen LogP contribution is 2.37. The number of nitro benzene ring substituents is 1. The van der Waals surface area contributed by atoms with E-state index >= 15 is 0 Å². The van der Waals surface area contributed by atoms with Gasteiger partial charge in [0.25, 0.3) is 11.6 Å². The van der Waals surface area contributed by atoms with Crippen molar-refractivity contribution in [3.05, 3.63) is 62.7 Å². The Bertz CT molecular complexity index is 954. The molecule has 2 aromatic carbocycles. The molecule has 0 saturated heterocycles. The lowest BCUT2D eigenvalue weighted by molar-refractivity contribution is -0.385. The molecule has 13 heteroatoms. The summed E-state index contributed by atoms with van der Waals surface area (Å²) in [6.07, 6.45) is -4.61. The average Bonchev–Trinajstić information content (AvgIpc) is 2.60. The molecule has 0 aromatic heterocycles. The Kier molecular flexibility index (Phi) is 6.59. The van der Waals surface area contributed by atoms with Crippen molar-refractivity contribution in [3.63, 3.8) is 0 Å². The first-order valence-corrected chi connectivity index (χ1v) is 8.78. The van der Waals surface area contributed by atoms with Gasteiger partial charge in [-0.25, -0.2) is 0 Å². The van der Waals surface area contributed by atoms with E-state index in [0.717, 1.165) is 30.3 Å². The van der Waals surface area contributed by atoms with Crippen LogP contribution in [0.3, 0.4) is 0 Å². The second-order valence-electron chi connectivity index (χ2n) is 5.14. The fourth-order valence-electron chi connectivity index (χ4n) is 2.03. The Balaban J connectivity index is 2.34. The first-order valence-electron chi connectivity index (χ1n) is 7.16. The van der Waals surface area contributed by atoms with Gasteiger partial charge in [-0.05, 0) is 35.3 Å². The highest BCUT2D eigenvalue weighted by Gasteiger charge is 2.31. The van der Waals surface area contributed by atoms with E-state index in [0.29, 0.717) is 6.07 Å². The highest BCUT2D eigenvalue weighted by molar-refractivity contribution is 7.79. The van der Waals surface area contributed by atoms with Gasteiger partial charge >= 0.3 is 6.18 Å². The number of carbonyl (C=O) groups is 1. The van der Waals surface area contributed by atoms with Crippen LogP contribution in [0.15, 0.2) is 36.4 Å². The number of rotatable bonds is 6. The number of nitro groups is 1. The van der Waals surface area contributed by atoms with Crippen molar-refractivity contribution < 1.29 is 36.4 Å². The smallest absolute Gasteiger partial charge is 0.416 e. The van der Waals surface area contributed by atoms with Crippen molar-refractivity contribution >= 4 is 34.3 Å². The molecule has 0 fully saturated rings. The molecule has 8 nitrogen and oxygen atoms in total. The molecule has 0 saturated carbocycles. The Morgan fingerprint density at radius 1 is 1.25 bits per heavy atom. The molecule has 0 radical (unpaired) electrons. The minimum atomic E-state index is -4.61. The fraction of sp³-hybridized carbons (Fsp3) is 0.133. The largest absolute Gasteiger partial charge is 0.771 e. The van der Waals surface area contributed by atoms with E-state index in [2.05, 4.69) is 0 Å². The second kappa shape index (κ2) is 8.54. The van der Waals surface area contributed by atoms with Crippen LogP contribution in [0, 0.1) is 10.1 Å². The van der Waals surface area contributed by atoms with Crippen LogP contribution in [-0.2, 0) is 17.3 Å². The SMILES string of the molecule is O=C(NCS(=O)[O-])c1cc(Oc2ccc(C(F)(F)F)cc2Cl)ccc1[N+](=O)[O-]. The molecule has 0 bridgehead atoms. The number of benzene rings is 2. The zero-order chi connectivity index (χ0) is 21.1. The van der Waals surface area contributed by atoms with Crippen LogP contribution >= 0.6 is 11.6 Å². The highest BCUT2D eigenvalue weighted by atomic mass is 35.5. The molecule has 1 amide bonds. The van der Waals surface area contributed by atoms with E-state index in [1.165, 1.54) is 0 Å². The summed E-state index contributed by atoms with van der Waals surface area (Å²) in [6, 6.07) is 5.29. The second-order valence-corrected chi connectivity index (χ2v) is 6.44. The summed E-state index contributed by atoms with van der Waals surface area (Å²) in [4.78, 5) is 22.2. The molecule has 1 unspecified atom stereocenters. The molecule has 2 aromatic rings. The number of hydrogen-bond acceptors (Lipinski definition) is 6. The topological polar surface area (TPSA) is 122 Å². The molecule has 1 atom stereocenters. The first-order chi connectivity index (χ1) is 13.0. The maximum Gasteiger partial charge on any atom is 0.416 e. The summed E-state index contributed by atoms with van der Waals surface area (Å²) >= 11 is 3.15. The van der Waals surface area contributed by atoms with Crippen molar-refractivity contribution in [2.45, 2.75) is 6.18 Å². The molecule has 0 spiro atoms. The minimum Gasteiger partial charge on any atom is -0.771 e. The van der Waals surface area contributed by atoms with Crippen molar-refractivity contribution in [2.24, 2.45) is 0 Å². The van der Waals surface area contributed by atoms with E-state index in [4.69, 9.17) is 16.3 Å². The lowest BCUT2D eigenvalue weighted by atomic mass is 10.1. The fourth-order valence-corrected chi connectivity index (χ4v) is 2.49. The van der Waals surface area contributed by atoms with Crippen LogP contribution in [-0.4, -0.2) is 25.5 Å². The van der Waals surface area contributed by atoms with Gasteiger partial charge in [0.15, 0.2) is 0 Å². The molecule has 28 heavy (non-hydrogen) atoms. The Labute approximate surface area is 162 Å². The maximum absolute atomic E-state index is 12.7. The normalized spacial score (nSPS) is 12.3. The molecule has 2 rings (SSSR count). The van der Waals surface area contributed by atoms with E-state index in [9.17, 15) is 36.8 Å². The zero-order valence-corrected chi connectivity index (χ0v) is 15.1. The molecule has 0 aliphatic carbocycles. The summed E-state index contributed by atoms with van der Waals surface area (Å²) in [5.74, 6) is -2.15. The predicted octanol–water partition coefficient (Wildman–Crippen LogP) is 3.63. The summed E-state index contributed by atoms with van der Waals surface area (Å²) in [6.45, 7) is 0. The zero-order valence-electron chi connectivity index (χ0n) is 13.5. The van der Waals surface area contributed by atoms with Crippen LogP contribution in [0.5, 0.6) is 11.5 Å². The van der Waals surface area contributed by atoms with Gasteiger partial charge in [-0.3, -0.25) is 19.1 Å². The van der Waals surface area contributed by atoms with Gasteiger partial charge in [0.1, 0.15) is 17.1 Å². The first kappa shape index (κ1) is 21.6. The Morgan fingerprint density at radius 3 is 2.46 bits per heavy atom. The predicted molar refractivity (Wildman–Crippen MR) is 90.9 cm³/mol. The lowest BCUT2D eigenvalue weighted by Crippen LogP contribution is -2.27. The number of halogens is 4. The average molecular weight is 438 g/mol. The number of amides is 1. The molecule has 0 heterocycles. The van der Waals surface area contributed by atoms with Crippen LogP contribution in [0.1, 0.15) is 15.9 Å². The summed E-state index contributed by atoms with van der Waals surface area (Å²) < 4.78 is 64.4. The van der Waals surface area contributed by atoms with Crippen molar-refractivity contribution in [1.29, 1.82) is 0 Å². The van der Waals surface area contributed by atoms with E-state index < -0.39 is 50.8 Å². The molecule has 0 aliphatic heterocycles. The van der Waals surface area contributed by atoms with Crippen LogP contribution < -0.4 is 10.1 Å². The molecule has 0 aliphatic rings. The number of ether oxygens (including phenoxy) is 1. The molecule has 150 valence electrons. The van der Waals surface area contributed by atoms with Crippen LogP contribution in [0.2, 0.25) is 5.02 Å². The minimum absolute atomic E-state index is 0.138. The lowest BCUT2D eigenvalue weighted by Gasteiger charge is -2.12. The molecular weight excluding hydrogens is 429 g/mol. The van der Waals surface area contributed by atoms with Crippen LogP contribution in [0.4, 0.5) is 18.9 Å². The Hall–Kier alpha value is -2.70. The third-order valence-corrected chi connectivity index (χ3v) is 3.92. The van der Waals surface area contributed by atoms with Gasteiger partial charge in [0.05, 0.1) is 21.4 Å². The van der Waals surface area contributed by atoms with E-state index in [1.807, 2.05) is 5.32 Å². The quantitative estimate of drug-likeness (QED) is 0.418. The van der Waals surface area contributed by atoms with Gasteiger partial charge < -0.3 is 14.6 Å². The van der Waals surface area contributed by atoms with E-state index in [-0.39, 0.29) is 16.5 Å². The molecular formula is C15H9ClF3N2O6S-. The third-order valence-electron chi connectivity index (χ3n) is 3.25. The monoisotopic (exact) mass is 437 g/mol. The maximum atomic E-state index is 12.7. The number of alkyl halides is 3. The van der Waals surface area contributed by atoms with Gasteiger partial charge in [-0.2, -0.15) is 13.2 Å². The van der Waals surface area contributed by atoms with Crippen LogP contribution in [0.25, 0.3) is 0 Å². The number of hydrogen-bond donors (Lipinski definition) is 1. The van der Waals surface area contributed by atoms with Gasteiger partial charge in [0.2, 0.25) is 0 Å². The summed E-state index contributed by atoms with van der Waals surface area (Å²) in [5.41, 5.74) is -2.13. The van der Waals surface area contributed by atoms with Gasteiger partial charge in [0, 0.05) is 12.1 Å². The molecule has 1 N–H and O–H groups in total. The Morgan fingerprint density at radius 2 is 1.93 bits per heavy atom. The summed E-state index contributed by atoms with van der Waals surface area (Å²) in [5, 5.41) is 12.6. The third kappa shape index (κ3) is 5.41. The number of carbonyl (C=O) groups excluding carboxylic acids is 1. The van der Waals surface area contributed by atoms with Gasteiger partial charge in [-0.1, -0.05) is 11.6 Å². The number of nitrogens with zero attached hydrogens (tertiary/aromatic N) is 1. The summed E-state index contributed by atoms with van der Waals surface area (Å²) in [7, 11) is 0. The standard InChI is InChI=1S/C15H10ClF3N2O6S/c16-11-5-8(15(17,18)19)1-4-13(11)27-9-2-3-12(21(23)24)10(6-9)14(22)20-7-28(25)26/h1-6H,7H2,(H,20,22)(H,25,26)/p-1. The van der Waals surface area contributed by atoms with Gasteiger partial charge in [-0.15, -0.1) is 0 Å². The van der Waals surface area contributed by atoms with Crippen molar-refractivity contribution in [2.75, 3.05) is 5.88 Å². The van der Waals surface area contributed by atoms with E-state index in [1.54, 1.807) is 0 Å².